The number of nitrogen functional groups attached to an aromatic ring is 1. The lowest BCUT2D eigenvalue weighted by Crippen LogP contribution is -2.49. The second-order valence-corrected chi connectivity index (χ2v) is 6.77. The summed E-state index contributed by atoms with van der Waals surface area (Å²) in [6, 6.07) is 0. The van der Waals surface area contributed by atoms with Crippen molar-refractivity contribution >= 4 is 11.9 Å². The molecule has 0 saturated heterocycles. The van der Waals surface area contributed by atoms with Crippen molar-refractivity contribution in [2.45, 2.75) is 43.9 Å². The first kappa shape index (κ1) is 11.3. The van der Waals surface area contributed by atoms with Gasteiger partial charge in [0.15, 0.2) is 5.69 Å². The third-order valence-electron chi connectivity index (χ3n) is 5.49. The maximum Gasteiger partial charge on any atom is 0.358 e. The molecule has 4 aliphatic carbocycles. The molecule has 3 N–H and O–H groups in total. The van der Waals surface area contributed by atoms with Crippen LogP contribution in [0.2, 0.25) is 0 Å². The van der Waals surface area contributed by atoms with Crippen LogP contribution in [-0.4, -0.2) is 16.2 Å². The molecule has 0 radical (unpaired) electrons. The molecule has 4 saturated carbocycles. The minimum absolute atomic E-state index is 0.0412. The van der Waals surface area contributed by atoms with E-state index < -0.39 is 5.97 Å². The van der Waals surface area contributed by atoms with E-state index in [1.165, 1.54) is 19.3 Å². The highest BCUT2D eigenvalue weighted by molar-refractivity contribution is 5.89. The lowest BCUT2D eigenvalue weighted by molar-refractivity contribution is -0.00558. The van der Waals surface area contributed by atoms with Crippen LogP contribution in [0.15, 0.2) is 4.52 Å². The maximum absolute atomic E-state index is 11.4. The van der Waals surface area contributed by atoms with E-state index in [9.17, 15) is 9.90 Å². The third kappa shape index (κ3) is 1.47. The molecule has 0 unspecified atom stereocenters. The number of carboxylic acids is 1. The van der Waals surface area contributed by atoms with Gasteiger partial charge in [-0.1, -0.05) is 5.16 Å². The SMILES string of the molecule is Nc1onc(C(=O)O)c1C12CC3CC(CC(C3)C1)C2. The molecule has 19 heavy (non-hydrogen) atoms. The van der Waals surface area contributed by atoms with Crippen LogP contribution in [0.25, 0.3) is 0 Å². The summed E-state index contributed by atoms with van der Waals surface area (Å²) < 4.78 is 4.99. The molecule has 4 bridgehead atoms. The van der Waals surface area contributed by atoms with Crippen LogP contribution in [-0.2, 0) is 5.41 Å². The normalized spacial score (nSPS) is 39.7. The van der Waals surface area contributed by atoms with Crippen LogP contribution in [0, 0.1) is 17.8 Å². The molecule has 1 aromatic heterocycles. The number of rotatable bonds is 2. The first-order chi connectivity index (χ1) is 9.07. The highest BCUT2D eigenvalue weighted by Crippen LogP contribution is 2.61. The van der Waals surface area contributed by atoms with Crippen molar-refractivity contribution in [2.75, 3.05) is 5.73 Å². The first-order valence-electron chi connectivity index (χ1n) is 7.06. The van der Waals surface area contributed by atoms with E-state index in [1.807, 2.05) is 0 Å². The van der Waals surface area contributed by atoms with Gasteiger partial charge in [0.25, 0.3) is 0 Å². The van der Waals surface area contributed by atoms with E-state index in [1.54, 1.807) is 0 Å². The molecule has 0 spiro atoms. The van der Waals surface area contributed by atoms with Crippen LogP contribution in [0.4, 0.5) is 5.88 Å². The molecule has 4 aliphatic rings. The van der Waals surface area contributed by atoms with Gasteiger partial charge in [0.1, 0.15) is 0 Å². The van der Waals surface area contributed by atoms with Crippen molar-refractivity contribution in [1.29, 1.82) is 0 Å². The number of hydrogen-bond acceptors (Lipinski definition) is 4. The summed E-state index contributed by atoms with van der Waals surface area (Å²) in [6.45, 7) is 0. The molecule has 1 heterocycles. The molecule has 102 valence electrons. The van der Waals surface area contributed by atoms with Crippen molar-refractivity contribution in [3.63, 3.8) is 0 Å². The Bertz CT molecular complexity index is 514. The minimum Gasteiger partial charge on any atom is -0.476 e. The topological polar surface area (TPSA) is 89.4 Å². The van der Waals surface area contributed by atoms with Crippen molar-refractivity contribution < 1.29 is 14.4 Å². The van der Waals surface area contributed by atoms with Gasteiger partial charge in [-0.3, -0.25) is 0 Å². The predicted octanol–water partition coefficient (Wildman–Crippen LogP) is 2.42. The molecule has 0 aliphatic heterocycles. The highest BCUT2D eigenvalue weighted by Gasteiger charge is 2.54. The van der Waals surface area contributed by atoms with Crippen molar-refractivity contribution in [2.24, 2.45) is 17.8 Å². The number of hydrogen-bond donors (Lipinski definition) is 2. The average molecular weight is 262 g/mol. The number of anilines is 1. The van der Waals surface area contributed by atoms with Crippen LogP contribution in [0.3, 0.4) is 0 Å². The van der Waals surface area contributed by atoms with Crippen molar-refractivity contribution in [3.05, 3.63) is 11.3 Å². The van der Waals surface area contributed by atoms with Gasteiger partial charge in [0.05, 0.1) is 5.56 Å². The number of carboxylic acid groups (broad SMARTS) is 1. The first-order valence-corrected chi connectivity index (χ1v) is 7.06. The summed E-state index contributed by atoms with van der Waals surface area (Å²) in [5.74, 6) is 1.41. The Morgan fingerprint density at radius 1 is 1.21 bits per heavy atom. The molecular weight excluding hydrogens is 244 g/mol. The van der Waals surface area contributed by atoms with Gasteiger partial charge in [-0.15, -0.1) is 0 Å². The van der Waals surface area contributed by atoms with Crippen LogP contribution >= 0.6 is 0 Å². The molecule has 0 amide bonds. The number of nitrogens with zero attached hydrogens (tertiary/aromatic N) is 1. The summed E-state index contributed by atoms with van der Waals surface area (Å²) >= 11 is 0. The van der Waals surface area contributed by atoms with Crippen LogP contribution in [0.1, 0.15) is 54.6 Å². The molecule has 5 heteroatoms. The van der Waals surface area contributed by atoms with E-state index in [2.05, 4.69) is 5.16 Å². The average Bonchev–Trinajstić information content (AvgIpc) is 2.70. The Kier molecular flexibility index (Phi) is 2.10. The fraction of sp³-hybridized carbons (Fsp3) is 0.714. The van der Waals surface area contributed by atoms with Gasteiger partial charge in [0, 0.05) is 5.41 Å². The molecule has 5 rings (SSSR count). The third-order valence-corrected chi connectivity index (χ3v) is 5.49. The van der Waals surface area contributed by atoms with Crippen LogP contribution in [0.5, 0.6) is 0 Å². The van der Waals surface area contributed by atoms with E-state index >= 15 is 0 Å². The van der Waals surface area contributed by atoms with Gasteiger partial charge in [-0.2, -0.15) is 0 Å². The monoisotopic (exact) mass is 262 g/mol. The van der Waals surface area contributed by atoms with Crippen molar-refractivity contribution in [3.8, 4) is 0 Å². The smallest absolute Gasteiger partial charge is 0.358 e. The highest BCUT2D eigenvalue weighted by atomic mass is 16.5. The fourth-order valence-electron chi connectivity index (χ4n) is 5.38. The second kappa shape index (κ2) is 3.52. The minimum atomic E-state index is -1.02. The Balaban J connectivity index is 1.84. The summed E-state index contributed by atoms with van der Waals surface area (Å²) in [5.41, 5.74) is 6.57. The number of carbonyl (C=O) groups is 1. The maximum atomic E-state index is 11.4. The Morgan fingerprint density at radius 3 is 2.21 bits per heavy atom. The number of aromatic nitrogens is 1. The summed E-state index contributed by atoms with van der Waals surface area (Å²) in [5, 5.41) is 13.0. The van der Waals surface area contributed by atoms with Gasteiger partial charge in [-0.05, 0) is 56.3 Å². The molecule has 1 aromatic rings. The van der Waals surface area contributed by atoms with E-state index in [4.69, 9.17) is 10.3 Å². The Labute approximate surface area is 111 Å². The zero-order valence-electron chi connectivity index (χ0n) is 10.8. The molecule has 0 atom stereocenters. The zero-order chi connectivity index (χ0) is 13.2. The fourth-order valence-corrected chi connectivity index (χ4v) is 5.38. The molecule has 4 fully saturated rings. The Hall–Kier alpha value is -1.52. The van der Waals surface area contributed by atoms with E-state index in [-0.39, 0.29) is 17.0 Å². The quantitative estimate of drug-likeness (QED) is 0.854. The molecule has 0 aromatic carbocycles. The van der Waals surface area contributed by atoms with E-state index in [0.29, 0.717) is 5.56 Å². The van der Waals surface area contributed by atoms with Crippen LogP contribution < -0.4 is 5.73 Å². The standard InChI is InChI=1S/C14H18N2O3/c15-12-10(11(13(17)18)16-19-12)14-4-7-1-8(5-14)3-9(2-7)6-14/h7-9H,1-6,15H2,(H,17,18). The zero-order valence-corrected chi connectivity index (χ0v) is 10.8. The largest absolute Gasteiger partial charge is 0.476 e. The summed E-state index contributed by atoms with van der Waals surface area (Å²) in [7, 11) is 0. The van der Waals surface area contributed by atoms with E-state index in [0.717, 1.165) is 37.0 Å². The van der Waals surface area contributed by atoms with Gasteiger partial charge in [0.2, 0.25) is 5.88 Å². The summed E-state index contributed by atoms with van der Waals surface area (Å²) in [6.07, 6.45) is 7.12. The van der Waals surface area contributed by atoms with Gasteiger partial charge in [-0.25, -0.2) is 4.79 Å². The predicted molar refractivity (Wildman–Crippen MR) is 67.7 cm³/mol. The van der Waals surface area contributed by atoms with Gasteiger partial charge < -0.3 is 15.4 Å². The number of nitrogens with two attached hydrogens (primary N) is 1. The summed E-state index contributed by atoms with van der Waals surface area (Å²) in [4.78, 5) is 11.4. The van der Waals surface area contributed by atoms with Gasteiger partial charge >= 0.3 is 5.97 Å². The molecule has 5 nitrogen and oxygen atoms in total. The lowest BCUT2D eigenvalue weighted by Gasteiger charge is -2.56. The lowest BCUT2D eigenvalue weighted by atomic mass is 9.48. The molecular formula is C14H18N2O3. The Morgan fingerprint density at radius 2 is 1.74 bits per heavy atom. The van der Waals surface area contributed by atoms with Crippen molar-refractivity contribution in [1.82, 2.24) is 5.16 Å². The second-order valence-electron chi connectivity index (χ2n) is 6.77. The number of aromatic carboxylic acids is 1.